The van der Waals surface area contributed by atoms with Crippen LogP contribution in [0.1, 0.15) is 35.7 Å². The number of Topliss-reactive ketones (excluding diaryl/α,β-unsaturated/α-hetero) is 1. The molecule has 9 heteroatoms. The third kappa shape index (κ3) is 4.02. The maximum atomic E-state index is 12.8. The van der Waals surface area contributed by atoms with Gasteiger partial charge in [0.15, 0.2) is 11.4 Å². The summed E-state index contributed by atoms with van der Waals surface area (Å²) in [6.07, 6.45) is 7.79. The molecule has 0 aliphatic heterocycles. The lowest BCUT2D eigenvalue weighted by atomic mass is 10.0. The van der Waals surface area contributed by atoms with Crippen molar-refractivity contribution in [1.82, 2.24) is 25.0 Å². The fourth-order valence-corrected chi connectivity index (χ4v) is 4.41. The summed E-state index contributed by atoms with van der Waals surface area (Å²) in [6.45, 7) is 2.68. The molecule has 0 aliphatic rings. The zero-order valence-corrected chi connectivity index (χ0v) is 17.3. The summed E-state index contributed by atoms with van der Waals surface area (Å²) < 4.78 is 27.2. The maximum absolute atomic E-state index is 12.8. The third-order valence-electron chi connectivity index (χ3n) is 4.86. The first-order valence-corrected chi connectivity index (χ1v) is 11.1. The van der Waals surface area contributed by atoms with Gasteiger partial charge >= 0.3 is 0 Å². The molecule has 0 radical (unpaired) electrons. The van der Waals surface area contributed by atoms with E-state index in [0.717, 1.165) is 17.4 Å². The molecular formula is C21H21N5O3S. The molecule has 0 saturated carbocycles. The average Bonchev–Trinajstić information content (AvgIpc) is 3.42. The lowest BCUT2D eigenvalue weighted by molar-refractivity contribution is 0.0982. The van der Waals surface area contributed by atoms with Crippen LogP contribution in [-0.4, -0.2) is 39.2 Å². The normalized spacial score (nSPS) is 11.8. The molecule has 0 atom stereocenters. The number of nitrogens with one attached hydrogen (secondary N) is 1. The van der Waals surface area contributed by atoms with E-state index in [9.17, 15) is 13.2 Å². The van der Waals surface area contributed by atoms with E-state index in [1.54, 1.807) is 47.4 Å². The lowest BCUT2D eigenvalue weighted by Crippen LogP contribution is -2.03. The van der Waals surface area contributed by atoms with E-state index in [0.29, 0.717) is 30.6 Å². The van der Waals surface area contributed by atoms with E-state index < -0.39 is 9.84 Å². The number of aromatic nitrogens is 5. The van der Waals surface area contributed by atoms with Gasteiger partial charge in [-0.2, -0.15) is 10.2 Å². The van der Waals surface area contributed by atoms with Crippen molar-refractivity contribution >= 4 is 26.7 Å². The Morgan fingerprint density at radius 2 is 1.90 bits per heavy atom. The Hall–Kier alpha value is -3.33. The van der Waals surface area contributed by atoms with Crippen molar-refractivity contribution in [2.24, 2.45) is 0 Å². The van der Waals surface area contributed by atoms with Crippen molar-refractivity contribution in [3.8, 4) is 0 Å². The number of nitrogens with zero attached hydrogens (tertiary/aromatic N) is 4. The second-order valence-electron chi connectivity index (χ2n) is 7.04. The largest absolute Gasteiger partial charge is 0.294 e. The molecule has 3 aromatic heterocycles. The molecule has 0 amide bonds. The molecule has 30 heavy (non-hydrogen) atoms. The minimum absolute atomic E-state index is 0.0226. The molecule has 0 bridgehead atoms. The zero-order valence-electron chi connectivity index (χ0n) is 16.4. The van der Waals surface area contributed by atoms with E-state index in [1.165, 1.54) is 12.4 Å². The van der Waals surface area contributed by atoms with Gasteiger partial charge in [0.1, 0.15) is 4.90 Å². The second kappa shape index (κ2) is 8.19. The average molecular weight is 423 g/mol. The number of fused-ring (bicyclic) bond motifs is 1. The number of benzene rings is 1. The molecule has 154 valence electrons. The first kappa shape index (κ1) is 20.0. The fraction of sp³-hybridized carbons (Fsp3) is 0.238. The van der Waals surface area contributed by atoms with Gasteiger partial charge < -0.3 is 0 Å². The Balaban J connectivity index is 1.43. The first-order valence-electron chi connectivity index (χ1n) is 9.66. The first-order chi connectivity index (χ1) is 14.5. The van der Waals surface area contributed by atoms with Crippen LogP contribution in [0.15, 0.2) is 64.9 Å². The van der Waals surface area contributed by atoms with Crippen molar-refractivity contribution < 1.29 is 13.2 Å². The van der Waals surface area contributed by atoms with Gasteiger partial charge in [0.25, 0.3) is 0 Å². The summed E-state index contributed by atoms with van der Waals surface area (Å²) in [7, 11) is -3.61. The predicted molar refractivity (Wildman–Crippen MR) is 111 cm³/mol. The van der Waals surface area contributed by atoms with Gasteiger partial charge in [-0.05, 0) is 36.6 Å². The van der Waals surface area contributed by atoms with Crippen molar-refractivity contribution in [3.63, 3.8) is 0 Å². The second-order valence-corrected chi connectivity index (χ2v) is 8.99. The molecular weight excluding hydrogens is 402 g/mol. The van der Waals surface area contributed by atoms with Crippen LogP contribution in [0.2, 0.25) is 0 Å². The number of aryl methyl sites for hydroxylation is 2. The molecule has 0 saturated heterocycles. The van der Waals surface area contributed by atoms with Crippen molar-refractivity contribution in [2.75, 3.05) is 0 Å². The molecule has 0 spiro atoms. The monoisotopic (exact) mass is 423 g/mol. The number of ketones is 1. The number of sulfone groups is 1. The molecule has 8 nitrogen and oxygen atoms in total. The number of pyridine rings is 1. The van der Waals surface area contributed by atoms with Gasteiger partial charge in [0.05, 0.1) is 17.3 Å². The number of aromatic amines is 1. The molecule has 4 aromatic rings. The summed E-state index contributed by atoms with van der Waals surface area (Å²) in [5, 5.41) is 11.5. The smallest absolute Gasteiger partial charge is 0.209 e. The molecule has 3 heterocycles. The third-order valence-corrected chi connectivity index (χ3v) is 6.58. The lowest BCUT2D eigenvalue weighted by Gasteiger charge is -2.05. The number of hydrogen-bond acceptors (Lipinski definition) is 6. The highest BCUT2D eigenvalue weighted by Crippen LogP contribution is 2.21. The van der Waals surface area contributed by atoms with Crippen LogP contribution < -0.4 is 0 Å². The Kier molecular flexibility index (Phi) is 5.45. The van der Waals surface area contributed by atoms with Gasteiger partial charge in [-0.3, -0.25) is 14.6 Å². The Bertz CT molecular complexity index is 1290. The Morgan fingerprint density at radius 1 is 1.10 bits per heavy atom. The van der Waals surface area contributed by atoms with E-state index in [4.69, 9.17) is 0 Å². The van der Waals surface area contributed by atoms with Crippen molar-refractivity contribution in [3.05, 3.63) is 66.2 Å². The van der Waals surface area contributed by atoms with Crippen LogP contribution in [0.25, 0.3) is 11.0 Å². The van der Waals surface area contributed by atoms with Crippen molar-refractivity contribution in [1.29, 1.82) is 0 Å². The Morgan fingerprint density at radius 3 is 2.67 bits per heavy atom. The number of rotatable bonds is 8. The number of carbonyl (C=O) groups is 1. The molecule has 1 aromatic carbocycles. The topological polar surface area (TPSA) is 111 Å². The highest BCUT2D eigenvalue weighted by molar-refractivity contribution is 7.91. The van der Waals surface area contributed by atoms with Gasteiger partial charge in [-0.25, -0.2) is 13.4 Å². The number of H-pyrrole nitrogens is 1. The summed E-state index contributed by atoms with van der Waals surface area (Å²) >= 11 is 0. The van der Waals surface area contributed by atoms with Crippen LogP contribution in [0, 0.1) is 0 Å². The van der Waals surface area contributed by atoms with Crippen LogP contribution in [0.4, 0.5) is 0 Å². The molecule has 0 fully saturated rings. The van der Waals surface area contributed by atoms with Crippen LogP contribution in [-0.2, 0) is 22.8 Å². The standard InChI is InChI=1S/C21H21N5O3S/c1-2-9-26-14-19(13-24-26)30(28,29)18-6-3-15(4-7-18)5-8-20(27)16-10-17-12-23-25-21(17)22-11-16/h3-4,6-7,10-14H,2,5,8-9H2,1H3,(H,22,23,25). The van der Waals surface area contributed by atoms with Crippen LogP contribution in [0.3, 0.4) is 0 Å². The maximum Gasteiger partial charge on any atom is 0.209 e. The highest BCUT2D eigenvalue weighted by Gasteiger charge is 2.19. The Labute approximate surface area is 173 Å². The minimum atomic E-state index is -3.61. The fourth-order valence-electron chi connectivity index (χ4n) is 3.20. The van der Waals surface area contributed by atoms with Gasteiger partial charge in [0.2, 0.25) is 9.84 Å². The van der Waals surface area contributed by atoms with Crippen LogP contribution in [0.5, 0.6) is 0 Å². The molecule has 0 unspecified atom stereocenters. The van der Waals surface area contributed by atoms with Crippen LogP contribution >= 0.6 is 0 Å². The van der Waals surface area contributed by atoms with Gasteiger partial charge in [-0.15, -0.1) is 0 Å². The minimum Gasteiger partial charge on any atom is -0.294 e. The zero-order chi connectivity index (χ0) is 21.1. The quantitative estimate of drug-likeness (QED) is 0.436. The predicted octanol–water partition coefficient (Wildman–Crippen LogP) is 3.21. The van der Waals surface area contributed by atoms with E-state index in [2.05, 4.69) is 20.3 Å². The van der Waals surface area contributed by atoms with E-state index >= 15 is 0 Å². The van der Waals surface area contributed by atoms with Gasteiger partial charge in [0, 0.05) is 36.3 Å². The van der Waals surface area contributed by atoms with E-state index in [-0.39, 0.29) is 15.6 Å². The highest BCUT2D eigenvalue weighted by atomic mass is 32.2. The van der Waals surface area contributed by atoms with E-state index in [1.807, 2.05) is 6.92 Å². The number of hydrogen-bond donors (Lipinski definition) is 1. The molecule has 4 rings (SSSR count). The molecule has 1 N–H and O–H groups in total. The SMILES string of the molecule is CCCn1cc(S(=O)(=O)c2ccc(CCC(=O)c3cnc4[nH]ncc4c3)cc2)cn1. The number of carbonyl (C=O) groups excluding carboxylic acids is 1. The van der Waals surface area contributed by atoms with Crippen molar-refractivity contribution in [2.45, 2.75) is 42.5 Å². The molecule has 0 aliphatic carbocycles. The summed E-state index contributed by atoms with van der Waals surface area (Å²) in [4.78, 5) is 17.1. The van der Waals surface area contributed by atoms with Gasteiger partial charge in [-0.1, -0.05) is 19.1 Å². The summed E-state index contributed by atoms with van der Waals surface area (Å²) in [6, 6.07) is 8.40. The summed E-state index contributed by atoms with van der Waals surface area (Å²) in [5.41, 5.74) is 2.07. The summed E-state index contributed by atoms with van der Waals surface area (Å²) in [5.74, 6) is -0.0226.